The van der Waals surface area contributed by atoms with Crippen LogP contribution in [0.2, 0.25) is 0 Å². The molecule has 0 aliphatic rings. The molecule has 3 aromatic rings. The zero-order valence-corrected chi connectivity index (χ0v) is 16.4. The Bertz CT molecular complexity index is 991. The highest BCUT2D eigenvalue weighted by molar-refractivity contribution is 6.05. The normalized spacial score (nSPS) is 13.0. The van der Waals surface area contributed by atoms with Gasteiger partial charge in [-0.25, -0.2) is 4.79 Å². The Kier molecular flexibility index (Phi) is 6.09. The molecular weight excluding hydrogens is 350 g/mol. The first-order valence-corrected chi connectivity index (χ1v) is 9.59. The smallest absolute Gasteiger partial charge is 0.339 e. The highest BCUT2D eigenvalue weighted by Crippen LogP contribution is 2.27. The first-order chi connectivity index (χ1) is 13.5. The third-order valence-electron chi connectivity index (χ3n) is 5.02. The molecule has 2 atom stereocenters. The molecule has 0 radical (unpaired) electrons. The molecule has 0 saturated heterocycles. The number of hydrogen-bond acceptors (Lipinski definition) is 3. The van der Waals surface area contributed by atoms with E-state index in [1.807, 2.05) is 60.7 Å². The van der Waals surface area contributed by atoms with E-state index in [0.717, 1.165) is 28.4 Å². The number of esters is 1. The Morgan fingerprint density at radius 3 is 2.39 bits per heavy atom. The molecule has 3 rings (SSSR count). The minimum absolute atomic E-state index is 0.324. The number of hydrogen-bond donors (Lipinski definition) is 1. The Labute approximate surface area is 165 Å². The number of para-hydroxylation sites is 1. The van der Waals surface area contributed by atoms with E-state index < -0.39 is 12.1 Å². The first kappa shape index (κ1) is 19.6. The van der Waals surface area contributed by atoms with Crippen molar-refractivity contribution in [3.8, 4) is 0 Å². The summed E-state index contributed by atoms with van der Waals surface area (Å²) in [5, 5.41) is 4.67. The van der Waals surface area contributed by atoms with Crippen LogP contribution >= 0.6 is 0 Å². The number of carbonyl (C=O) groups excluding carboxylic acids is 2. The fraction of sp³-hybridized carbons (Fsp3) is 0.250. The molecule has 0 bridgehead atoms. The van der Waals surface area contributed by atoms with E-state index in [9.17, 15) is 9.59 Å². The molecular formula is C24H25NO3. The van der Waals surface area contributed by atoms with Crippen molar-refractivity contribution in [3.63, 3.8) is 0 Å². The van der Waals surface area contributed by atoms with Crippen LogP contribution in [-0.2, 0) is 9.53 Å². The summed E-state index contributed by atoms with van der Waals surface area (Å²) in [5.41, 5.74) is 2.29. The van der Waals surface area contributed by atoms with E-state index in [0.29, 0.717) is 11.5 Å². The summed E-state index contributed by atoms with van der Waals surface area (Å²) in [4.78, 5) is 25.3. The number of benzene rings is 3. The van der Waals surface area contributed by atoms with E-state index >= 15 is 0 Å². The third-order valence-corrected chi connectivity index (χ3v) is 5.02. The molecule has 144 valence electrons. The van der Waals surface area contributed by atoms with E-state index in [2.05, 4.69) is 19.2 Å². The quantitative estimate of drug-likeness (QED) is 0.576. The average molecular weight is 375 g/mol. The van der Waals surface area contributed by atoms with Crippen LogP contribution in [0.5, 0.6) is 0 Å². The topological polar surface area (TPSA) is 55.4 Å². The second-order valence-electron chi connectivity index (χ2n) is 6.96. The molecule has 0 aromatic heterocycles. The van der Waals surface area contributed by atoms with Crippen molar-refractivity contribution in [3.05, 3.63) is 77.9 Å². The van der Waals surface area contributed by atoms with Crippen LogP contribution in [0.1, 0.15) is 49.0 Å². The largest absolute Gasteiger partial charge is 0.449 e. The van der Waals surface area contributed by atoms with Gasteiger partial charge < -0.3 is 10.1 Å². The fourth-order valence-electron chi connectivity index (χ4n) is 3.18. The zero-order valence-electron chi connectivity index (χ0n) is 16.4. The van der Waals surface area contributed by atoms with Crippen molar-refractivity contribution >= 4 is 28.3 Å². The maximum absolute atomic E-state index is 12.6. The lowest BCUT2D eigenvalue weighted by Crippen LogP contribution is -2.30. The van der Waals surface area contributed by atoms with Crippen LogP contribution in [0.15, 0.2) is 66.7 Å². The van der Waals surface area contributed by atoms with E-state index in [1.165, 1.54) is 0 Å². The SMILES string of the molecule is CC[C@@H](C)c1ccccc1NC(=O)[C@H](C)OC(=O)c1cccc2ccccc12. The van der Waals surface area contributed by atoms with Crippen molar-refractivity contribution in [1.82, 2.24) is 0 Å². The summed E-state index contributed by atoms with van der Waals surface area (Å²) in [7, 11) is 0. The van der Waals surface area contributed by atoms with Gasteiger partial charge in [-0.15, -0.1) is 0 Å². The molecule has 0 spiro atoms. The van der Waals surface area contributed by atoms with Gasteiger partial charge in [0.05, 0.1) is 5.56 Å². The summed E-state index contributed by atoms with van der Waals surface area (Å²) >= 11 is 0. The van der Waals surface area contributed by atoms with Crippen molar-refractivity contribution in [1.29, 1.82) is 0 Å². The van der Waals surface area contributed by atoms with Gasteiger partial charge in [0.15, 0.2) is 6.10 Å². The molecule has 28 heavy (non-hydrogen) atoms. The summed E-state index contributed by atoms with van der Waals surface area (Å²) in [5.74, 6) is -0.524. The van der Waals surface area contributed by atoms with Crippen molar-refractivity contribution < 1.29 is 14.3 Å². The standard InChI is InChI=1S/C24H25NO3/c1-4-16(2)19-12-7-8-15-22(19)25-23(26)17(3)28-24(27)21-14-9-11-18-10-5-6-13-20(18)21/h5-17H,4H2,1-3H3,(H,25,26)/t16-,17+/m1/s1. The molecule has 0 aliphatic heterocycles. The van der Waals surface area contributed by atoms with Crippen molar-refractivity contribution in [2.75, 3.05) is 5.32 Å². The summed E-state index contributed by atoms with van der Waals surface area (Å²) in [6.45, 7) is 5.82. The monoisotopic (exact) mass is 375 g/mol. The molecule has 0 saturated carbocycles. The summed E-state index contributed by atoms with van der Waals surface area (Å²) in [6.07, 6.45) is 0.0647. The Morgan fingerprint density at radius 1 is 0.929 bits per heavy atom. The maximum Gasteiger partial charge on any atom is 0.339 e. The fourth-order valence-corrected chi connectivity index (χ4v) is 3.18. The molecule has 0 fully saturated rings. The predicted octanol–water partition coefficient (Wildman–Crippen LogP) is 5.54. The van der Waals surface area contributed by atoms with Crippen molar-refractivity contribution in [2.45, 2.75) is 39.2 Å². The highest BCUT2D eigenvalue weighted by atomic mass is 16.5. The third kappa shape index (κ3) is 4.22. The van der Waals surface area contributed by atoms with Gasteiger partial charge in [-0.1, -0.05) is 68.4 Å². The minimum Gasteiger partial charge on any atom is -0.449 e. The number of rotatable bonds is 6. The molecule has 3 aromatic carbocycles. The second kappa shape index (κ2) is 8.70. The zero-order chi connectivity index (χ0) is 20.1. The second-order valence-corrected chi connectivity index (χ2v) is 6.96. The van der Waals surface area contributed by atoms with Gasteiger partial charge in [0.2, 0.25) is 0 Å². The van der Waals surface area contributed by atoms with E-state index in [4.69, 9.17) is 4.74 Å². The predicted molar refractivity (Wildman–Crippen MR) is 113 cm³/mol. The Hall–Kier alpha value is -3.14. The van der Waals surface area contributed by atoms with Crippen LogP contribution < -0.4 is 5.32 Å². The summed E-state index contributed by atoms with van der Waals surface area (Å²) in [6, 6.07) is 20.8. The Morgan fingerprint density at radius 2 is 1.61 bits per heavy atom. The van der Waals surface area contributed by atoms with E-state index in [1.54, 1.807) is 13.0 Å². The van der Waals surface area contributed by atoms with Gasteiger partial charge in [0.1, 0.15) is 0 Å². The molecule has 4 heteroatoms. The van der Waals surface area contributed by atoms with Crippen molar-refractivity contribution in [2.24, 2.45) is 0 Å². The van der Waals surface area contributed by atoms with Gasteiger partial charge in [-0.3, -0.25) is 4.79 Å². The lowest BCUT2D eigenvalue weighted by molar-refractivity contribution is -0.123. The molecule has 0 aliphatic carbocycles. The maximum atomic E-state index is 12.6. The van der Waals surface area contributed by atoms with Crippen LogP contribution in [0.25, 0.3) is 10.8 Å². The average Bonchev–Trinajstić information content (AvgIpc) is 2.73. The van der Waals surface area contributed by atoms with Crippen LogP contribution in [0, 0.1) is 0 Å². The van der Waals surface area contributed by atoms with Gasteiger partial charge >= 0.3 is 5.97 Å². The lowest BCUT2D eigenvalue weighted by atomic mass is 9.97. The Balaban J connectivity index is 1.73. The minimum atomic E-state index is -0.906. The number of fused-ring (bicyclic) bond motifs is 1. The van der Waals surface area contributed by atoms with Gasteiger partial charge in [0.25, 0.3) is 5.91 Å². The van der Waals surface area contributed by atoms with E-state index in [-0.39, 0.29) is 5.91 Å². The number of carbonyl (C=O) groups is 2. The number of nitrogens with one attached hydrogen (secondary N) is 1. The van der Waals surface area contributed by atoms with Crippen LogP contribution in [0.4, 0.5) is 5.69 Å². The van der Waals surface area contributed by atoms with Gasteiger partial charge in [0, 0.05) is 5.69 Å². The van der Waals surface area contributed by atoms with Gasteiger partial charge in [-0.2, -0.15) is 0 Å². The van der Waals surface area contributed by atoms with Crippen LogP contribution in [0.3, 0.4) is 0 Å². The number of anilines is 1. The molecule has 1 amide bonds. The molecule has 4 nitrogen and oxygen atoms in total. The first-order valence-electron chi connectivity index (χ1n) is 9.59. The van der Waals surface area contributed by atoms with Gasteiger partial charge in [-0.05, 0) is 47.7 Å². The summed E-state index contributed by atoms with van der Waals surface area (Å²) < 4.78 is 5.45. The number of amides is 1. The highest BCUT2D eigenvalue weighted by Gasteiger charge is 2.21. The number of ether oxygens (including phenoxy) is 1. The molecule has 0 heterocycles. The van der Waals surface area contributed by atoms with Crippen LogP contribution in [-0.4, -0.2) is 18.0 Å². The molecule has 0 unspecified atom stereocenters. The molecule has 1 N–H and O–H groups in total. The lowest BCUT2D eigenvalue weighted by Gasteiger charge is -2.18.